The molecule has 0 heterocycles. The van der Waals surface area contributed by atoms with E-state index in [-0.39, 0.29) is 6.10 Å². The van der Waals surface area contributed by atoms with Crippen LogP contribution in [0.4, 0.5) is 0 Å². The van der Waals surface area contributed by atoms with Crippen LogP contribution in [0.5, 0.6) is 5.75 Å². The minimum atomic E-state index is 0.270. The van der Waals surface area contributed by atoms with Crippen molar-refractivity contribution in [1.29, 1.82) is 0 Å². The quantitative estimate of drug-likeness (QED) is 0.681. The van der Waals surface area contributed by atoms with Gasteiger partial charge in [0.1, 0.15) is 12.0 Å². The first-order valence-electron chi connectivity index (χ1n) is 8.05. The number of benzene rings is 2. The predicted molar refractivity (Wildman–Crippen MR) is 91.0 cm³/mol. The molecule has 22 heavy (non-hydrogen) atoms. The Hall–Kier alpha value is -1.54. The van der Waals surface area contributed by atoms with Crippen LogP contribution in [0.3, 0.4) is 0 Å². The number of hydrogen-bond acceptors (Lipinski definition) is 2. The molecule has 0 saturated heterocycles. The molecular formula is C19H21ClO2. The lowest BCUT2D eigenvalue weighted by Crippen LogP contribution is -2.24. The van der Waals surface area contributed by atoms with Crippen molar-refractivity contribution in [3.05, 3.63) is 40.9 Å². The molecule has 0 aromatic heterocycles. The Bertz CT molecular complexity index is 672. The number of ether oxygens (including phenoxy) is 1. The Morgan fingerprint density at radius 3 is 2.64 bits per heavy atom. The normalized spacial score (nSPS) is 21.7. The van der Waals surface area contributed by atoms with Crippen LogP contribution >= 0.6 is 11.6 Å². The molecule has 2 aromatic carbocycles. The van der Waals surface area contributed by atoms with Gasteiger partial charge in [0.15, 0.2) is 0 Å². The monoisotopic (exact) mass is 316 g/mol. The van der Waals surface area contributed by atoms with Gasteiger partial charge in [-0.1, -0.05) is 43.1 Å². The molecular weight excluding hydrogens is 296 g/mol. The number of hydrogen-bond donors (Lipinski definition) is 0. The summed E-state index contributed by atoms with van der Waals surface area (Å²) in [6, 6.07) is 9.43. The number of halogens is 1. The smallest absolute Gasteiger partial charge is 0.150 e. The van der Waals surface area contributed by atoms with Crippen molar-refractivity contribution in [3.8, 4) is 5.75 Å². The zero-order chi connectivity index (χ0) is 15.5. The molecule has 0 atom stereocenters. The molecule has 0 unspecified atom stereocenters. The topological polar surface area (TPSA) is 26.3 Å². The Balaban J connectivity index is 1.80. The first kappa shape index (κ1) is 15.4. The van der Waals surface area contributed by atoms with Gasteiger partial charge >= 0.3 is 0 Å². The van der Waals surface area contributed by atoms with Gasteiger partial charge in [-0.05, 0) is 49.1 Å². The fourth-order valence-electron chi connectivity index (χ4n) is 3.29. The number of carbonyl (C=O) groups excluding carboxylic acids is 1. The van der Waals surface area contributed by atoms with E-state index in [1.165, 1.54) is 19.3 Å². The van der Waals surface area contributed by atoms with Crippen LogP contribution in [-0.4, -0.2) is 12.4 Å². The van der Waals surface area contributed by atoms with Gasteiger partial charge in [-0.3, -0.25) is 4.79 Å². The standard InChI is InChI=1S/C19H21ClO2/c1-2-13-3-7-16(8-4-13)22-18-10-6-15-11-14(12-21)5-9-17(15)19(18)20/h5-6,9-13,16H,2-4,7-8H2,1H3. The third kappa shape index (κ3) is 3.12. The van der Waals surface area contributed by atoms with Gasteiger partial charge in [-0.25, -0.2) is 0 Å². The Morgan fingerprint density at radius 2 is 1.95 bits per heavy atom. The minimum absolute atomic E-state index is 0.270. The molecule has 1 aliphatic rings. The second-order valence-corrected chi connectivity index (χ2v) is 6.52. The van der Waals surface area contributed by atoms with Crippen LogP contribution in [-0.2, 0) is 0 Å². The second-order valence-electron chi connectivity index (χ2n) is 6.14. The van der Waals surface area contributed by atoms with Crippen molar-refractivity contribution >= 4 is 28.7 Å². The van der Waals surface area contributed by atoms with E-state index in [9.17, 15) is 4.79 Å². The lowest BCUT2D eigenvalue weighted by molar-refractivity contribution is 0.112. The Morgan fingerprint density at radius 1 is 1.18 bits per heavy atom. The molecule has 3 rings (SSSR count). The van der Waals surface area contributed by atoms with Crippen molar-refractivity contribution in [2.45, 2.75) is 45.1 Å². The number of aldehydes is 1. The van der Waals surface area contributed by atoms with E-state index in [1.54, 1.807) is 6.07 Å². The van der Waals surface area contributed by atoms with Gasteiger partial charge < -0.3 is 4.74 Å². The highest BCUT2D eigenvalue weighted by Gasteiger charge is 2.22. The van der Waals surface area contributed by atoms with Crippen LogP contribution in [0, 0.1) is 5.92 Å². The molecule has 1 fully saturated rings. The lowest BCUT2D eigenvalue weighted by atomic mass is 9.86. The third-order valence-electron chi connectivity index (χ3n) is 4.74. The minimum Gasteiger partial charge on any atom is -0.489 e. The van der Waals surface area contributed by atoms with E-state index in [2.05, 4.69) is 6.92 Å². The van der Waals surface area contributed by atoms with Gasteiger partial charge in [0.2, 0.25) is 0 Å². The van der Waals surface area contributed by atoms with Gasteiger partial charge in [0.05, 0.1) is 11.1 Å². The summed E-state index contributed by atoms with van der Waals surface area (Å²) >= 11 is 6.50. The van der Waals surface area contributed by atoms with Crippen LogP contribution in [0.25, 0.3) is 10.8 Å². The van der Waals surface area contributed by atoms with E-state index in [4.69, 9.17) is 16.3 Å². The second kappa shape index (κ2) is 6.70. The SMILES string of the molecule is CCC1CCC(Oc2ccc3cc(C=O)ccc3c2Cl)CC1. The summed E-state index contributed by atoms with van der Waals surface area (Å²) < 4.78 is 6.14. The third-order valence-corrected chi connectivity index (χ3v) is 5.13. The molecule has 0 aliphatic heterocycles. The Labute approximate surface area is 136 Å². The first-order chi connectivity index (χ1) is 10.7. The largest absolute Gasteiger partial charge is 0.489 e. The van der Waals surface area contributed by atoms with Crippen LogP contribution in [0.15, 0.2) is 30.3 Å². The maximum absolute atomic E-state index is 10.9. The average molecular weight is 317 g/mol. The molecule has 0 N–H and O–H groups in total. The lowest BCUT2D eigenvalue weighted by Gasteiger charge is -2.28. The molecule has 0 spiro atoms. The number of fused-ring (bicyclic) bond motifs is 1. The van der Waals surface area contributed by atoms with Crippen molar-refractivity contribution in [3.63, 3.8) is 0 Å². The van der Waals surface area contributed by atoms with Gasteiger partial charge in [0.25, 0.3) is 0 Å². The molecule has 2 nitrogen and oxygen atoms in total. The fourth-order valence-corrected chi connectivity index (χ4v) is 3.57. The van der Waals surface area contributed by atoms with Crippen LogP contribution < -0.4 is 4.74 Å². The summed E-state index contributed by atoms with van der Waals surface area (Å²) in [7, 11) is 0. The number of rotatable bonds is 4. The van der Waals surface area contributed by atoms with Crippen molar-refractivity contribution in [2.75, 3.05) is 0 Å². The summed E-state index contributed by atoms with van der Waals surface area (Å²) in [5.74, 6) is 1.61. The molecule has 116 valence electrons. The van der Waals surface area contributed by atoms with Gasteiger partial charge in [-0.2, -0.15) is 0 Å². The van der Waals surface area contributed by atoms with E-state index in [0.29, 0.717) is 10.6 Å². The zero-order valence-electron chi connectivity index (χ0n) is 12.8. The summed E-state index contributed by atoms with van der Waals surface area (Å²) in [6.07, 6.45) is 7.09. The molecule has 3 heteroatoms. The van der Waals surface area contributed by atoms with E-state index < -0.39 is 0 Å². The molecule has 0 amide bonds. The number of carbonyl (C=O) groups is 1. The highest BCUT2D eigenvalue weighted by molar-refractivity contribution is 6.37. The average Bonchev–Trinajstić information content (AvgIpc) is 2.57. The van der Waals surface area contributed by atoms with Crippen molar-refractivity contribution in [2.24, 2.45) is 5.92 Å². The van der Waals surface area contributed by atoms with Crippen LogP contribution in [0.2, 0.25) is 5.02 Å². The summed E-state index contributed by atoms with van der Waals surface area (Å²) in [4.78, 5) is 10.9. The highest BCUT2D eigenvalue weighted by atomic mass is 35.5. The summed E-state index contributed by atoms with van der Waals surface area (Å²) in [6.45, 7) is 2.26. The Kier molecular flexibility index (Phi) is 4.68. The first-order valence-corrected chi connectivity index (χ1v) is 8.43. The van der Waals surface area contributed by atoms with Crippen LogP contribution in [0.1, 0.15) is 49.4 Å². The maximum Gasteiger partial charge on any atom is 0.150 e. The summed E-state index contributed by atoms with van der Waals surface area (Å²) in [5, 5.41) is 2.55. The van der Waals surface area contributed by atoms with E-state index in [1.807, 2.05) is 24.3 Å². The molecule has 0 bridgehead atoms. The van der Waals surface area contributed by atoms with Crippen molar-refractivity contribution < 1.29 is 9.53 Å². The molecule has 2 aromatic rings. The molecule has 1 aliphatic carbocycles. The van der Waals surface area contributed by atoms with Gasteiger partial charge in [-0.15, -0.1) is 0 Å². The molecule has 1 saturated carbocycles. The summed E-state index contributed by atoms with van der Waals surface area (Å²) in [5.41, 5.74) is 0.662. The van der Waals surface area contributed by atoms with E-state index in [0.717, 1.165) is 41.6 Å². The fraction of sp³-hybridized carbons (Fsp3) is 0.421. The predicted octanol–water partition coefficient (Wildman–Crippen LogP) is 5.65. The van der Waals surface area contributed by atoms with Crippen molar-refractivity contribution in [1.82, 2.24) is 0 Å². The molecule has 0 radical (unpaired) electrons. The zero-order valence-corrected chi connectivity index (χ0v) is 13.6. The van der Waals surface area contributed by atoms with E-state index >= 15 is 0 Å². The maximum atomic E-state index is 10.9. The highest BCUT2D eigenvalue weighted by Crippen LogP contribution is 2.36. The van der Waals surface area contributed by atoms with Gasteiger partial charge in [0, 0.05) is 10.9 Å².